The molecular formula is C19H25N5O2. The lowest BCUT2D eigenvalue weighted by molar-refractivity contribution is -0.136. The molecule has 0 atom stereocenters. The van der Waals surface area contributed by atoms with Crippen LogP contribution in [0.25, 0.3) is 0 Å². The molecule has 138 valence electrons. The minimum absolute atomic E-state index is 0.0205. The zero-order valence-corrected chi connectivity index (χ0v) is 15.1. The molecule has 1 fully saturated rings. The lowest BCUT2D eigenvalue weighted by Crippen LogP contribution is -2.37. The van der Waals surface area contributed by atoms with Gasteiger partial charge in [-0.05, 0) is 18.9 Å². The molecule has 0 radical (unpaired) electrons. The van der Waals surface area contributed by atoms with Gasteiger partial charge in [0.2, 0.25) is 11.9 Å². The van der Waals surface area contributed by atoms with E-state index in [-0.39, 0.29) is 12.5 Å². The van der Waals surface area contributed by atoms with Gasteiger partial charge in [0, 0.05) is 37.9 Å². The van der Waals surface area contributed by atoms with Crippen LogP contribution in [-0.4, -0.2) is 53.6 Å². The van der Waals surface area contributed by atoms with E-state index in [0.29, 0.717) is 38.0 Å². The third-order valence-electron chi connectivity index (χ3n) is 4.47. The first-order valence-electron chi connectivity index (χ1n) is 8.87. The van der Waals surface area contributed by atoms with E-state index in [9.17, 15) is 4.79 Å². The number of aromatic nitrogens is 2. The maximum atomic E-state index is 12.4. The second kappa shape index (κ2) is 8.62. The lowest BCUT2D eigenvalue weighted by atomic mass is 10.2. The van der Waals surface area contributed by atoms with Crippen LogP contribution in [0, 0.1) is 6.92 Å². The molecule has 1 aromatic carbocycles. The summed E-state index contributed by atoms with van der Waals surface area (Å²) in [5.41, 5.74) is 7.82. The molecule has 26 heavy (non-hydrogen) atoms. The molecular weight excluding hydrogens is 330 g/mol. The van der Waals surface area contributed by atoms with Gasteiger partial charge in [-0.2, -0.15) is 4.98 Å². The van der Waals surface area contributed by atoms with Crippen molar-refractivity contribution in [3.05, 3.63) is 47.7 Å². The molecule has 3 rings (SSSR count). The first-order valence-corrected chi connectivity index (χ1v) is 8.87. The monoisotopic (exact) mass is 355 g/mol. The Labute approximate surface area is 153 Å². The van der Waals surface area contributed by atoms with Crippen molar-refractivity contribution in [1.29, 1.82) is 0 Å². The van der Waals surface area contributed by atoms with E-state index in [1.54, 1.807) is 6.20 Å². The van der Waals surface area contributed by atoms with Crippen molar-refractivity contribution in [2.45, 2.75) is 20.0 Å². The van der Waals surface area contributed by atoms with Crippen LogP contribution in [0.2, 0.25) is 0 Å². The van der Waals surface area contributed by atoms with Gasteiger partial charge in [0.05, 0.1) is 6.61 Å². The van der Waals surface area contributed by atoms with Crippen LogP contribution in [0.1, 0.15) is 17.5 Å². The highest BCUT2D eigenvalue weighted by atomic mass is 16.5. The van der Waals surface area contributed by atoms with Crippen molar-refractivity contribution in [2.24, 2.45) is 0 Å². The number of ether oxygens (including phenoxy) is 1. The number of hydrogen-bond acceptors (Lipinski definition) is 6. The number of hydrogen-bond donors (Lipinski definition) is 1. The lowest BCUT2D eigenvalue weighted by Gasteiger charge is -2.22. The summed E-state index contributed by atoms with van der Waals surface area (Å²) in [5, 5.41) is 0. The van der Waals surface area contributed by atoms with Crippen molar-refractivity contribution >= 4 is 17.7 Å². The van der Waals surface area contributed by atoms with Crippen molar-refractivity contribution in [3.8, 4) is 0 Å². The van der Waals surface area contributed by atoms with Gasteiger partial charge in [-0.1, -0.05) is 30.3 Å². The summed E-state index contributed by atoms with van der Waals surface area (Å²) in [7, 11) is 0. The van der Waals surface area contributed by atoms with Crippen molar-refractivity contribution in [1.82, 2.24) is 14.9 Å². The van der Waals surface area contributed by atoms with Gasteiger partial charge >= 0.3 is 0 Å². The number of rotatable bonds is 5. The molecule has 2 N–H and O–H groups in total. The SMILES string of the molecule is Cc1cnc(N2CCCN(C(=O)COCc3ccccc3)CC2)nc1N. The normalized spacial score (nSPS) is 15.0. The molecule has 1 aliphatic heterocycles. The number of carbonyl (C=O) groups excluding carboxylic acids is 1. The standard InChI is InChI=1S/C19H25N5O2/c1-15-12-21-19(22-18(15)20)24-9-5-8-23(10-11-24)17(25)14-26-13-16-6-3-2-4-7-16/h2-4,6-7,12H,5,8-11,13-14H2,1H3,(H2,20,21,22). The highest BCUT2D eigenvalue weighted by Crippen LogP contribution is 2.15. The van der Waals surface area contributed by atoms with Gasteiger partial charge in [-0.25, -0.2) is 4.98 Å². The quantitative estimate of drug-likeness (QED) is 0.877. The number of anilines is 2. The van der Waals surface area contributed by atoms with Gasteiger partial charge in [0.1, 0.15) is 12.4 Å². The molecule has 7 nitrogen and oxygen atoms in total. The minimum Gasteiger partial charge on any atom is -0.383 e. The van der Waals surface area contributed by atoms with Gasteiger partial charge in [0.15, 0.2) is 0 Å². The second-order valence-electron chi connectivity index (χ2n) is 6.44. The third-order valence-corrected chi connectivity index (χ3v) is 4.47. The number of benzene rings is 1. The maximum Gasteiger partial charge on any atom is 0.248 e. The molecule has 0 saturated carbocycles. The van der Waals surface area contributed by atoms with E-state index in [1.807, 2.05) is 42.2 Å². The Balaban J connectivity index is 1.49. The molecule has 7 heteroatoms. The van der Waals surface area contributed by atoms with Crippen LogP contribution in [0.15, 0.2) is 36.5 Å². The molecule has 2 heterocycles. The van der Waals surface area contributed by atoms with E-state index >= 15 is 0 Å². The van der Waals surface area contributed by atoms with Crippen LogP contribution in [0.4, 0.5) is 11.8 Å². The first-order chi connectivity index (χ1) is 12.6. The van der Waals surface area contributed by atoms with Gasteiger partial charge in [-0.3, -0.25) is 4.79 Å². The number of nitrogen functional groups attached to an aromatic ring is 1. The van der Waals surface area contributed by atoms with Crippen LogP contribution < -0.4 is 10.6 Å². The molecule has 0 spiro atoms. The average Bonchev–Trinajstić information content (AvgIpc) is 2.91. The first kappa shape index (κ1) is 18.1. The summed E-state index contributed by atoms with van der Waals surface area (Å²) in [4.78, 5) is 25.1. The molecule has 0 bridgehead atoms. The Bertz CT molecular complexity index is 738. The summed E-state index contributed by atoms with van der Waals surface area (Å²) < 4.78 is 5.57. The minimum atomic E-state index is 0.0205. The number of carbonyl (C=O) groups is 1. The Hall–Kier alpha value is -2.67. The molecule has 2 aromatic rings. The largest absolute Gasteiger partial charge is 0.383 e. The summed E-state index contributed by atoms with van der Waals surface area (Å²) in [6, 6.07) is 9.86. The summed E-state index contributed by atoms with van der Waals surface area (Å²) in [6.07, 6.45) is 2.60. The van der Waals surface area contributed by atoms with Crippen molar-refractivity contribution in [3.63, 3.8) is 0 Å². The van der Waals surface area contributed by atoms with E-state index in [2.05, 4.69) is 14.9 Å². The fraction of sp³-hybridized carbons (Fsp3) is 0.421. The molecule has 1 aromatic heterocycles. The van der Waals surface area contributed by atoms with E-state index in [4.69, 9.17) is 10.5 Å². The van der Waals surface area contributed by atoms with Gasteiger partial charge < -0.3 is 20.3 Å². The average molecular weight is 355 g/mol. The van der Waals surface area contributed by atoms with Gasteiger partial charge in [-0.15, -0.1) is 0 Å². The van der Waals surface area contributed by atoms with Crippen LogP contribution in [-0.2, 0) is 16.1 Å². The number of nitrogens with zero attached hydrogens (tertiary/aromatic N) is 4. The summed E-state index contributed by atoms with van der Waals surface area (Å²) in [5.74, 6) is 1.15. The molecule has 1 amide bonds. The molecule has 1 saturated heterocycles. The topological polar surface area (TPSA) is 84.6 Å². The Kier molecular flexibility index (Phi) is 6.01. The molecule has 0 unspecified atom stereocenters. The van der Waals surface area contributed by atoms with Gasteiger partial charge in [0.25, 0.3) is 0 Å². The smallest absolute Gasteiger partial charge is 0.248 e. The maximum absolute atomic E-state index is 12.4. The zero-order valence-electron chi connectivity index (χ0n) is 15.1. The molecule has 0 aliphatic carbocycles. The highest BCUT2D eigenvalue weighted by molar-refractivity contribution is 5.77. The summed E-state index contributed by atoms with van der Waals surface area (Å²) >= 11 is 0. The number of aryl methyl sites for hydroxylation is 1. The fourth-order valence-corrected chi connectivity index (χ4v) is 2.89. The predicted molar refractivity (Wildman–Crippen MR) is 101 cm³/mol. The Morgan fingerprint density at radius 3 is 2.77 bits per heavy atom. The molecule has 1 aliphatic rings. The van der Waals surface area contributed by atoms with Crippen LogP contribution >= 0.6 is 0 Å². The Morgan fingerprint density at radius 2 is 2.00 bits per heavy atom. The van der Waals surface area contributed by atoms with E-state index in [0.717, 1.165) is 24.1 Å². The predicted octanol–water partition coefficient (Wildman–Crippen LogP) is 1.62. The van der Waals surface area contributed by atoms with E-state index in [1.165, 1.54) is 0 Å². The Morgan fingerprint density at radius 1 is 1.19 bits per heavy atom. The third kappa shape index (κ3) is 4.70. The van der Waals surface area contributed by atoms with Crippen LogP contribution in [0.5, 0.6) is 0 Å². The second-order valence-corrected chi connectivity index (χ2v) is 6.44. The summed E-state index contributed by atoms with van der Waals surface area (Å²) in [6.45, 7) is 5.27. The fourth-order valence-electron chi connectivity index (χ4n) is 2.89. The van der Waals surface area contributed by atoms with Crippen molar-refractivity contribution < 1.29 is 9.53 Å². The zero-order chi connectivity index (χ0) is 18.4. The highest BCUT2D eigenvalue weighted by Gasteiger charge is 2.20. The van der Waals surface area contributed by atoms with E-state index < -0.39 is 0 Å². The van der Waals surface area contributed by atoms with Crippen LogP contribution in [0.3, 0.4) is 0 Å². The number of amides is 1. The number of nitrogens with two attached hydrogens (primary N) is 1. The van der Waals surface area contributed by atoms with Crippen molar-refractivity contribution in [2.75, 3.05) is 43.4 Å².